The molecule has 0 unspecified atom stereocenters. The van der Waals surface area contributed by atoms with Gasteiger partial charge >= 0.3 is 0 Å². The van der Waals surface area contributed by atoms with E-state index in [2.05, 4.69) is 5.32 Å². The number of nitrogen functional groups attached to an aromatic ring is 1. The van der Waals surface area contributed by atoms with Crippen molar-refractivity contribution in [2.24, 2.45) is 0 Å². The minimum atomic E-state index is -0.260. The Kier molecular flexibility index (Phi) is 3.43. The molecule has 0 radical (unpaired) electrons. The lowest BCUT2D eigenvalue weighted by atomic mass is 10.2. The molecule has 110 valence electrons. The van der Waals surface area contributed by atoms with Gasteiger partial charge in [0.05, 0.1) is 23.2 Å². The summed E-state index contributed by atoms with van der Waals surface area (Å²) in [5.74, 6) is 1.55. The lowest BCUT2D eigenvalue weighted by Crippen LogP contribution is -2.17. The van der Waals surface area contributed by atoms with E-state index in [1.54, 1.807) is 18.2 Å². The molecule has 6 nitrogen and oxygen atoms in total. The van der Waals surface area contributed by atoms with Crippen molar-refractivity contribution in [3.8, 4) is 11.5 Å². The standard InChI is InChI=1S/C15H16N2O4/c1-2-12-9(3-4-19-12)15(18)17-11-8-14-13(7-10(11)16)20-5-6-21-14/h3-4,7-8H,2,5-6,16H2,1H3,(H,17,18). The van der Waals surface area contributed by atoms with Crippen molar-refractivity contribution in [3.63, 3.8) is 0 Å². The first-order valence-electron chi connectivity index (χ1n) is 6.76. The first-order valence-corrected chi connectivity index (χ1v) is 6.76. The summed E-state index contributed by atoms with van der Waals surface area (Å²) >= 11 is 0. The zero-order valence-electron chi connectivity index (χ0n) is 11.6. The lowest BCUT2D eigenvalue weighted by molar-refractivity contribution is 0.102. The highest BCUT2D eigenvalue weighted by atomic mass is 16.6. The molecule has 0 saturated carbocycles. The fourth-order valence-corrected chi connectivity index (χ4v) is 2.22. The highest BCUT2D eigenvalue weighted by Crippen LogP contribution is 2.37. The number of carbonyl (C=O) groups is 1. The Morgan fingerprint density at radius 2 is 2.00 bits per heavy atom. The zero-order valence-corrected chi connectivity index (χ0v) is 11.6. The quantitative estimate of drug-likeness (QED) is 0.847. The van der Waals surface area contributed by atoms with Gasteiger partial charge < -0.3 is 24.9 Å². The maximum Gasteiger partial charge on any atom is 0.259 e. The largest absolute Gasteiger partial charge is 0.486 e. The fourth-order valence-electron chi connectivity index (χ4n) is 2.22. The normalized spacial score (nSPS) is 13.0. The molecule has 2 aromatic rings. The minimum absolute atomic E-state index is 0.260. The first kappa shape index (κ1) is 13.4. The van der Waals surface area contributed by atoms with Gasteiger partial charge in [0, 0.05) is 18.6 Å². The molecule has 1 aromatic carbocycles. The summed E-state index contributed by atoms with van der Waals surface area (Å²) in [5, 5.41) is 2.78. The average Bonchev–Trinajstić information content (AvgIpc) is 2.96. The number of nitrogens with one attached hydrogen (secondary N) is 1. The molecule has 1 amide bonds. The Morgan fingerprint density at radius 3 is 2.71 bits per heavy atom. The fraction of sp³-hybridized carbons (Fsp3) is 0.267. The predicted octanol–water partition coefficient (Wildman–Crippen LogP) is 2.45. The van der Waals surface area contributed by atoms with E-state index >= 15 is 0 Å². The molecule has 1 aromatic heterocycles. The number of rotatable bonds is 3. The Hall–Kier alpha value is -2.63. The molecule has 1 aliphatic rings. The summed E-state index contributed by atoms with van der Waals surface area (Å²) in [6, 6.07) is 4.97. The third-order valence-corrected chi connectivity index (χ3v) is 3.27. The topological polar surface area (TPSA) is 86.7 Å². The summed E-state index contributed by atoms with van der Waals surface area (Å²) in [4.78, 5) is 12.3. The zero-order chi connectivity index (χ0) is 14.8. The molecule has 6 heteroatoms. The summed E-state index contributed by atoms with van der Waals surface area (Å²) in [7, 11) is 0. The Morgan fingerprint density at radius 1 is 1.29 bits per heavy atom. The van der Waals surface area contributed by atoms with Gasteiger partial charge in [-0.15, -0.1) is 0 Å². The molecule has 1 aliphatic heterocycles. The maximum atomic E-state index is 12.3. The Labute approximate surface area is 121 Å². The van der Waals surface area contributed by atoms with Gasteiger partial charge in [-0.3, -0.25) is 4.79 Å². The SMILES string of the molecule is CCc1occc1C(=O)Nc1cc2c(cc1N)OCCO2. The minimum Gasteiger partial charge on any atom is -0.486 e. The van der Waals surface area contributed by atoms with E-state index < -0.39 is 0 Å². The third kappa shape index (κ3) is 2.52. The number of nitrogens with two attached hydrogens (primary N) is 1. The summed E-state index contributed by atoms with van der Waals surface area (Å²) < 4.78 is 16.2. The van der Waals surface area contributed by atoms with E-state index in [-0.39, 0.29) is 5.91 Å². The van der Waals surface area contributed by atoms with Crippen LogP contribution in [0.15, 0.2) is 28.9 Å². The van der Waals surface area contributed by atoms with Crippen LogP contribution in [0.25, 0.3) is 0 Å². The van der Waals surface area contributed by atoms with Gasteiger partial charge in [0.15, 0.2) is 11.5 Å². The number of hydrogen-bond donors (Lipinski definition) is 2. The van der Waals surface area contributed by atoms with E-state index in [1.165, 1.54) is 6.26 Å². The van der Waals surface area contributed by atoms with E-state index in [0.717, 1.165) is 0 Å². The Balaban J connectivity index is 1.86. The van der Waals surface area contributed by atoms with Crippen LogP contribution in [0, 0.1) is 0 Å². The molecule has 0 aliphatic carbocycles. The number of carbonyl (C=O) groups excluding carboxylic acids is 1. The van der Waals surface area contributed by atoms with Crippen molar-refractivity contribution in [2.75, 3.05) is 24.3 Å². The van der Waals surface area contributed by atoms with Gasteiger partial charge in [0.25, 0.3) is 5.91 Å². The van der Waals surface area contributed by atoms with Crippen LogP contribution in [0.2, 0.25) is 0 Å². The predicted molar refractivity (Wildman–Crippen MR) is 77.9 cm³/mol. The second kappa shape index (κ2) is 5.40. The lowest BCUT2D eigenvalue weighted by Gasteiger charge is -2.20. The summed E-state index contributed by atoms with van der Waals surface area (Å²) in [5.41, 5.74) is 7.37. The number of benzene rings is 1. The third-order valence-electron chi connectivity index (χ3n) is 3.27. The second-order valence-corrected chi connectivity index (χ2v) is 4.65. The molecule has 0 saturated heterocycles. The van der Waals surface area contributed by atoms with Gasteiger partial charge in [-0.05, 0) is 6.07 Å². The molecule has 0 atom stereocenters. The van der Waals surface area contributed by atoms with Crippen molar-refractivity contribution in [1.29, 1.82) is 0 Å². The van der Waals surface area contributed by atoms with E-state index in [4.69, 9.17) is 19.6 Å². The van der Waals surface area contributed by atoms with Crippen molar-refractivity contribution in [2.45, 2.75) is 13.3 Å². The van der Waals surface area contributed by atoms with Crippen LogP contribution >= 0.6 is 0 Å². The van der Waals surface area contributed by atoms with Crippen LogP contribution in [-0.4, -0.2) is 19.1 Å². The number of amides is 1. The van der Waals surface area contributed by atoms with Gasteiger partial charge in [0.2, 0.25) is 0 Å². The Bertz CT molecular complexity index is 678. The number of hydrogen-bond acceptors (Lipinski definition) is 5. The molecule has 0 spiro atoms. The van der Waals surface area contributed by atoms with Crippen molar-refractivity contribution >= 4 is 17.3 Å². The molecule has 0 bridgehead atoms. The van der Waals surface area contributed by atoms with Crippen molar-refractivity contribution in [3.05, 3.63) is 35.8 Å². The van der Waals surface area contributed by atoms with E-state index in [0.29, 0.717) is 53.8 Å². The molecule has 3 N–H and O–H groups in total. The van der Waals surface area contributed by atoms with Gasteiger partial charge in [-0.2, -0.15) is 0 Å². The van der Waals surface area contributed by atoms with Gasteiger partial charge in [0.1, 0.15) is 19.0 Å². The maximum absolute atomic E-state index is 12.3. The van der Waals surface area contributed by atoms with Crippen LogP contribution in [0.4, 0.5) is 11.4 Å². The number of ether oxygens (including phenoxy) is 2. The smallest absolute Gasteiger partial charge is 0.259 e. The summed E-state index contributed by atoms with van der Waals surface area (Å²) in [6.45, 7) is 2.90. The van der Waals surface area contributed by atoms with Gasteiger partial charge in [-0.25, -0.2) is 0 Å². The monoisotopic (exact) mass is 288 g/mol. The molecular formula is C15H16N2O4. The molecule has 2 heterocycles. The average molecular weight is 288 g/mol. The summed E-state index contributed by atoms with van der Waals surface area (Å²) in [6.07, 6.45) is 2.15. The number of aryl methyl sites for hydroxylation is 1. The van der Waals surface area contributed by atoms with Crippen LogP contribution in [0.1, 0.15) is 23.0 Å². The van der Waals surface area contributed by atoms with Crippen LogP contribution in [0.3, 0.4) is 0 Å². The van der Waals surface area contributed by atoms with Crippen LogP contribution in [0.5, 0.6) is 11.5 Å². The molecule has 3 rings (SSSR count). The number of fused-ring (bicyclic) bond motifs is 1. The van der Waals surface area contributed by atoms with Crippen molar-refractivity contribution < 1.29 is 18.7 Å². The van der Waals surface area contributed by atoms with Crippen LogP contribution in [-0.2, 0) is 6.42 Å². The molecular weight excluding hydrogens is 272 g/mol. The van der Waals surface area contributed by atoms with Crippen LogP contribution < -0.4 is 20.5 Å². The number of furan rings is 1. The number of anilines is 2. The molecule has 0 fully saturated rings. The molecule has 21 heavy (non-hydrogen) atoms. The second-order valence-electron chi connectivity index (χ2n) is 4.65. The highest BCUT2D eigenvalue weighted by Gasteiger charge is 2.18. The highest BCUT2D eigenvalue weighted by molar-refractivity contribution is 6.06. The van der Waals surface area contributed by atoms with Gasteiger partial charge in [-0.1, -0.05) is 6.92 Å². The van der Waals surface area contributed by atoms with Crippen molar-refractivity contribution in [1.82, 2.24) is 0 Å². The van der Waals surface area contributed by atoms with E-state index in [9.17, 15) is 4.79 Å². The van der Waals surface area contributed by atoms with E-state index in [1.807, 2.05) is 6.92 Å². The first-order chi connectivity index (χ1) is 10.2.